The molecule has 108 valence electrons. The molecule has 0 saturated heterocycles. The number of anilines is 1. The number of nitrogens with two attached hydrogens (primary N) is 1. The third kappa shape index (κ3) is 3.54. The second-order valence-corrected chi connectivity index (χ2v) is 5.07. The van der Waals surface area contributed by atoms with Crippen LogP contribution < -0.4 is 5.73 Å². The molecule has 0 aliphatic heterocycles. The van der Waals surface area contributed by atoms with Gasteiger partial charge in [0, 0.05) is 6.08 Å². The van der Waals surface area contributed by atoms with Crippen LogP contribution in [0.2, 0.25) is 10.0 Å². The number of carboxylic acid groups (broad SMARTS) is 1. The number of carboxylic acids is 1. The smallest absolute Gasteiger partial charge is 0.328 e. The SMILES string of the molecule is Nc1c(Cl)cc(/C(=C/C(=O)O)c2ccc(F)cc2)cc1Cl. The van der Waals surface area contributed by atoms with E-state index in [4.69, 9.17) is 34.0 Å². The average Bonchev–Trinajstić information content (AvgIpc) is 2.42. The third-order valence-corrected chi connectivity index (χ3v) is 3.44. The van der Waals surface area contributed by atoms with E-state index < -0.39 is 11.8 Å². The fourth-order valence-electron chi connectivity index (χ4n) is 1.83. The predicted octanol–water partition coefficient (Wildman–Crippen LogP) is 4.23. The molecule has 0 heterocycles. The number of rotatable bonds is 3. The van der Waals surface area contributed by atoms with Crippen LogP contribution >= 0.6 is 23.2 Å². The van der Waals surface area contributed by atoms with Crippen LogP contribution in [-0.4, -0.2) is 11.1 Å². The summed E-state index contributed by atoms with van der Waals surface area (Å²) in [5, 5.41) is 9.45. The molecule has 0 unspecified atom stereocenters. The largest absolute Gasteiger partial charge is 0.478 e. The predicted molar refractivity (Wildman–Crippen MR) is 82.0 cm³/mol. The lowest BCUT2D eigenvalue weighted by atomic mass is 9.97. The van der Waals surface area contributed by atoms with Crippen molar-refractivity contribution >= 4 is 40.4 Å². The molecule has 0 amide bonds. The first kappa shape index (κ1) is 15.4. The molecular weight excluding hydrogens is 316 g/mol. The number of hydrogen-bond donors (Lipinski definition) is 2. The Balaban J connectivity index is 2.62. The number of nitrogen functional groups attached to an aromatic ring is 1. The highest BCUT2D eigenvalue weighted by molar-refractivity contribution is 6.39. The molecule has 0 saturated carbocycles. The van der Waals surface area contributed by atoms with Crippen molar-refractivity contribution in [1.82, 2.24) is 0 Å². The van der Waals surface area contributed by atoms with Crippen LogP contribution in [0, 0.1) is 5.82 Å². The van der Waals surface area contributed by atoms with Gasteiger partial charge in [0.15, 0.2) is 0 Å². The van der Waals surface area contributed by atoms with E-state index in [1.807, 2.05) is 0 Å². The Morgan fingerprint density at radius 1 is 1.10 bits per heavy atom. The molecule has 3 N–H and O–H groups in total. The highest BCUT2D eigenvalue weighted by Gasteiger charge is 2.12. The minimum atomic E-state index is -1.14. The first-order valence-corrected chi connectivity index (χ1v) is 6.59. The second kappa shape index (κ2) is 6.16. The van der Waals surface area contributed by atoms with Gasteiger partial charge < -0.3 is 10.8 Å². The lowest BCUT2D eigenvalue weighted by molar-refractivity contribution is -0.131. The Bertz CT molecular complexity index is 704. The average molecular weight is 326 g/mol. The van der Waals surface area contributed by atoms with Crippen molar-refractivity contribution in [2.75, 3.05) is 5.73 Å². The highest BCUT2D eigenvalue weighted by Crippen LogP contribution is 2.34. The molecule has 2 rings (SSSR count). The first-order chi connectivity index (χ1) is 9.88. The van der Waals surface area contributed by atoms with Gasteiger partial charge in [-0.2, -0.15) is 0 Å². The molecule has 0 aromatic heterocycles. The fourth-order valence-corrected chi connectivity index (χ4v) is 2.31. The summed E-state index contributed by atoms with van der Waals surface area (Å²) in [6.07, 6.45) is 1.01. The summed E-state index contributed by atoms with van der Waals surface area (Å²) < 4.78 is 13.0. The van der Waals surface area contributed by atoms with E-state index in [0.717, 1.165) is 6.08 Å². The van der Waals surface area contributed by atoms with Gasteiger partial charge in [0.2, 0.25) is 0 Å². The van der Waals surface area contributed by atoms with Crippen LogP contribution in [0.15, 0.2) is 42.5 Å². The van der Waals surface area contributed by atoms with Gasteiger partial charge in [-0.05, 0) is 41.0 Å². The van der Waals surface area contributed by atoms with E-state index in [1.165, 1.54) is 36.4 Å². The molecule has 0 radical (unpaired) electrons. The van der Waals surface area contributed by atoms with Crippen LogP contribution in [0.5, 0.6) is 0 Å². The van der Waals surface area contributed by atoms with Gasteiger partial charge in [0.1, 0.15) is 5.82 Å². The third-order valence-electron chi connectivity index (χ3n) is 2.81. The Kier molecular flexibility index (Phi) is 4.50. The Hall–Kier alpha value is -2.04. The molecule has 3 nitrogen and oxygen atoms in total. The number of hydrogen-bond acceptors (Lipinski definition) is 2. The number of carbonyl (C=O) groups is 1. The van der Waals surface area contributed by atoms with Crippen molar-refractivity contribution in [1.29, 1.82) is 0 Å². The molecule has 0 aliphatic rings. The summed E-state index contributed by atoms with van der Waals surface area (Å²) in [4.78, 5) is 11.0. The van der Waals surface area contributed by atoms with Crippen molar-refractivity contribution < 1.29 is 14.3 Å². The zero-order valence-corrected chi connectivity index (χ0v) is 12.1. The minimum Gasteiger partial charge on any atom is -0.478 e. The molecule has 2 aromatic carbocycles. The monoisotopic (exact) mass is 325 g/mol. The number of halogens is 3. The van der Waals surface area contributed by atoms with E-state index in [9.17, 15) is 9.18 Å². The maximum Gasteiger partial charge on any atom is 0.328 e. The maximum atomic E-state index is 13.0. The van der Waals surface area contributed by atoms with E-state index in [2.05, 4.69) is 0 Å². The molecule has 0 spiro atoms. The van der Waals surface area contributed by atoms with E-state index in [0.29, 0.717) is 16.7 Å². The Morgan fingerprint density at radius 2 is 1.62 bits per heavy atom. The number of benzene rings is 2. The van der Waals surface area contributed by atoms with Crippen LogP contribution in [0.25, 0.3) is 5.57 Å². The summed E-state index contributed by atoms with van der Waals surface area (Å²) >= 11 is 11.9. The van der Waals surface area contributed by atoms with Gasteiger partial charge in [0.05, 0.1) is 15.7 Å². The number of aliphatic carboxylic acids is 1. The van der Waals surface area contributed by atoms with Crippen molar-refractivity contribution in [3.63, 3.8) is 0 Å². The standard InChI is InChI=1S/C15H10Cl2FNO2/c16-12-5-9(6-13(17)15(12)19)11(7-14(20)21)8-1-3-10(18)4-2-8/h1-7H,19H2,(H,20,21)/b11-7+. The quantitative estimate of drug-likeness (QED) is 0.655. The van der Waals surface area contributed by atoms with Crippen molar-refractivity contribution in [3.8, 4) is 0 Å². The lowest BCUT2D eigenvalue weighted by Gasteiger charge is -2.11. The van der Waals surface area contributed by atoms with Crippen LogP contribution in [0.3, 0.4) is 0 Å². The summed E-state index contributed by atoms with van der Waals surface area (Å²) in [6, 6.07) is 8.46. The molecule has 6 heteroatoms. The fraction of sp³-hybridized carbons (Fsp3) is 0. The van der Waals surface area contributed by atoms with Crippen LogP contribution in [0.4, 0.5) is 10.1 Å². The topological polar surface area (TPSA) is 63.3 Å². The van der Waals surface area contributed by atoms with Crippen molar-refractivity contribution in [2.24, 2.45) is 0 Å². The Morgan fingerprint density at radius 3 is 2.10 bits per heavy atom. The summed E-state index contributed by atoms with van der Waals surface area (Å²) in [5.74, 6) is -1.56. The zero-order chi connectivity index (χ0) is 15.6. The molecule has 0 bridgehead atoms. The van der Waals surface area contributed by atoms with Crippen LogP contribution in [-0.2, 0) is 4.79 Å². The van der Waals surface area contributed by atoms with Gasteiger partial charge in [-0.25, -0.2) is 9.18 Å². The molecule has 2 aromatic rings. The van der Waals surface area contributed by atoms with Crippen LogP contribution in [0.1, 0.15) is 11.1 Å². The van der Waals surface area contributed by atoms with Gasteiger partial charge in [-0.3, -0.25) is 0 Å². The van der Waals surface area contributed by atoms with Gasteiger partial charge >= 0.3 is 5.97 Å². The summed E-state index contributed by atoms with van der Waals surface area (Å²) in [5.41, 5.74) is 7.24. The molecular formula is C15H10Cl2FNO2. The normalized spacial score (nSPS) is 11.5. The molecule has 21 heavy (non-hydrogen) atoms. The first-order valence-electron chi connectivity index (χ1n) is 5.84. The van der Waals surface area contributed by atoms with E-state index >= 15 is 0 Å². The second-order valence-electron chi connectivity index (χ2n) is 4.26. The van der Waals surface area contributed by atoms with Crippen molar-refractivity contribution in [2.45, 2.75) is 0 Å². The van der Waals surface area contributed by atoms with E-state index in [-0.39, 0.29) is 15.7 Å². The molecule has 0 fully saturated rings. The Labute approximate surface area is 130 Å². The van der Waals surface area contributed by atoms with Gasteiger partial charge in [-0.15, -0.1) is 0 Å². The van der Waals surface area contributed by atoms with E-state index in [1.54, 1.807) is 0 Å². The maximum absolute atomic E-state index is 13.0. The lowest BCUT2D eigenvalue weighted by Crippen LogP contribution is -1.97. The summed E-state index contributed by atoms with van der Waals surface area (Å²) in [7, 11) is 0. The zero-order valence-electron chi connectivity index (χ0n) is 10.6. The highest BCUT2D eigenvalue weighted by atomic mass is 35.5. The van der Waals surface area contributed by atoms with Crippen molar-refractivity contribution in [3.05, 3.63) is 69.5 Å². The summed E-state index contributed by atoms with van der Waals surface area (Å²) in [6.45, 7) is 0. The molecule has 0 atom stereocenters. The van der Waals surface area contributed by atoms with Gasteiger partial charge in [0.25, 0.3) is 0 Å². The van der Waals surface area contributed by atoms with Gasteiger partial charge in [-0.1, -0.05) is 35.3 Å². The minimum absolute atomic E-state index is 0.218. The molecule has 0 aliphatic carbocycles.